The standard InChI is InChI=1S/C15H18N2O2/c1-8-3-10(6-12(18)14(8)16)5-11-4-9(2)15(17)13(19)7-11/h3-4,6-7,18-19H,5,16-17H2,1-2H3. The minimum absolute atomic E-state index is 0.0892. The van der Waals surface area contributed by atoms with Crippen LogP contribution < -0.4 is 11.5 Å². The molecule has 100 valence electrons. The van der Waals surface area contributed by atoms with Gasteiger partial charge in [0, 0.05) is 0 Å². The van der Waals surface area contributed by atoms with Gasteiger partial charge in [-0.25, -0.2) is 0 Å². The Kier molecular flexibility index (Phi) is 3.25. The topological polar surface area (TPSA) is 92.5 Å². The molecule has 0 unspecified atom stereocenters. The number of nitrogens with two attached hydrogens (primary N) is 2. The van der Waals surface area contributed by atoms with Crippen molar-refractivity contribution in [3.63, 3.8) is 0 Å². The van der Waals surface area contributed by atoms with Crippen molar-refractivity contribution in [2.75, 3.05) is 11.5 Å². The van der Waals surface area contributed by atoms with Gasteiger partial charge in [-0.2, -0.15) is 0 Å². The molecule has 0 atom stereocenters. The maximum atomic E-state index is 9.72. The SMILES string of the molecule is Cc1cc(Cc2cc(C)c(N)c(O)c2)cc(O)c1N. The molecule has 0 aliphatic heterocycles. The normalized spacial score (nSPS) is 10.6. The molecule has 0 saturated carbocycles. The molecule has 2 aromatic rings. The molecule has 6 N–H and O–H groups in total. The molecule has 19 heavy (non-hydrogen) atoms. The highest BCUT2D eigenvalue weighted by Crippen LogP contribution is 2.29. The van der Waals surface area contributed by atoms with Crippen molar-refractivity contribution < 1.29 is 10.2 Å². The number of aromatic hydroxyl groups is 2. The molecule has 4 nitrogen and oxygen atoms in total. The van der Waals surface area contributed by atoms with Crippen LogP contribution in [-0.2, 0) is 6.42 Å². The number of rotatable bonds is 2. The fourth-order valence-corrected chi connectivity index (χ4v) is 2.15. The van der Waals surface area contributed by atoms with E-state index < -0.39 is 0 Å². The van der Waals surface area contributed by atoms with E-state index in [0.29, 0.717) is 17.8 Å². The van der Waals surface area contributed by atoms with Crippen LogP contribution in [0.3, 0.4) is 0 Å². The Morgan fingerprint density at radius 1 is 0.789 bits per heavy atom. The number of phenols is 2. The van der Waals surface area contributed by atoms with Gasteiger partial charge in [-0.05, 0) is 54.7 Å². The average molecular weight is 258 g/mol. The van der Waals surface area contributed by atoms with E-state index in [4.69, 9.17) is 11.5 Å². The predicted molar refractivity (Wildman–Crippen MR) is 77.3 cm³/mol. The van der Waals surface area contributed by atoms with Crippen molar-refractivity contribution in [1.29, 1.82) is 0 Å². The van der Waals surface area contributed by atoms with Gasteiger partial charge in [0.05, 0.1) is 11.4 Å². The zero-order valence-corrected chi connectivity index (χ0v) is 11.1. The Bertz CT molecular complexity index is 535. The van der Waals surface area contributed by atoms with Crippen LogP contribution in [0, 0.1) is 13.8 Å². The van der Waals surface area contributed by atoms with Crippen LogP contribution in [0.1, 0.15) is 22.3 Å². The summed E-state index contributed by atoms with van der Waals surface area (Å²) in [5, 5.41) is 19.4. The van der Waals surface area contributed by atoms with Gasteiger partial charge >= 0.3 is 0 Å². The van der Waals surface area contributed by atoms with Crippen molar-refractivity contribution in [2.45, 2.75) is 20.3 Å². The number of phenolic OH excluding ortho intramolecular Hbond substituents is 2. The summed E-state index contributed by atoms with van der Waals surface area (Å²) in [7, 11) is 0. The lowest BCUT2D eigenvalue weighted by Crippen LogP contribution is -1.97. The molecule has 2 rings (SSSR count). The van der Waals surface area contributed by atoms with Gasteiger partial charge in [-0.15, -0.1) is 0 Å². The van der Waals surface area contributed by atoms with E-state index in [1.807, 2.05) is 26.0 Å². The van der Waals surface area contributed by atoms with E-state index in [9.17, 15) is 10.2 Å². The Balaban J connectivity index is 2.36. The summed E-state index contributed by atoms with van der Waals surface area (Å²) in [5.74, 6) is 0.178. The lowest BCUT2D eigenvalue weighted by molar-refractivity contribution is 0.476. The molecular formula is C15H18N2O2. The second-order valence-corrected chi connectivity index (χ2v) is 4.87. The maximum absolute atomic E-state index is 9.72. The molecule has 0 aromatic heterocycles. The molecule has 4 heteroatoms. The predicted octanol–water partition coefficient (Wildman–Crippen LogP) is 2.47. The third-order valence-corrected chi connectivity index (χ3v) is 3.26. The highest BCUT2D eigenvalue weighted by molar-refractivity contribution is 5.61. The summed E-state index contributed by atoms with van der Waals surface area (Å²) in [4.78, 5) is 0. The van der Waals surface area contributed by atoms with Crippen LogP contribution in [0.5, 0.6) is 11.5 Å². The maximum Gasteiger partial charge on any atom is 0.139 e. The largest absolute Gasteiger partial charge is 0.506 e. The van der Waals surface area contributed by atoms with Crippen molar-refractivity contribution in [3.8, 4) is 11.5 Å². The van der Waals surface area contributed by atoms with Gasteiger partial charge in [-0.1, -0.05) is 12.1 Å². The molecule has 0 aliphatic rings. The monoisotopic (exact) mass is 258 g/mol. The summed E-state index contributed by atoms with van der Waals surface area (Å²) < 4.78 is 0. The second-order valence-electron chi connectivity index (χ2n) is 4.87. The molecule has 0 fully saturated rings. The number of aryl methyl sites for hydroxylation is 2. The first-order valence-electron chi connectivity index (χ1n) is 6.04. The van der Waals surface area contributed by atoms with Gasteiger partial charge < -0.3 is 21.7 Å². The molecule has 0 spiro atoms. The molecule has 0 radical (unpaired) electrons. The molecular weight excluding hydrogens is 240 g/mol. The first-order valence-corrected chi connectivity index (χ1v) is 6.04. The Morgan fingerprint density at radius 3 is 1.47 bits per heavy atom. The van der Waals surface area contributed by atoms with Gasteiger partial charge in [0.2, 0.25) is 0 Å². The van der Waals surface area contributed by atoms with Crippen LogP contribution >= 0.6 is 0 Å². The summed E-state index contributed by atoms with van der Waals surface area (Å²) in [6.07, 6.45) is 0.601. The van der Waals surface area contributed by atoms with Gasteiger partial charge in [0.25, 0.3) is 0 Å². The van der Waals surface area contributed by atoms with Crippen molar-refractivity contribution in [1.82, 2.24) is 0 Å². The van der Waals surface area contributed by atoms with Crippen molar-refractivity contribution in [3.05, 3.63) is 46.5 Å². The smallest absolute Gasteiger partial charge is 0.139 e. The fourth-order valence-electron chi connectivity index (χ4n) is 2.15. The van der Waals surface area contributed by atoms with Crippen LogP contribution in [-0.4, -0.2) is 10.2 Å². The van der Waals surface area contributed by atoms with E-state index in [1.54, 1.807) is 12.1 Å². The molecule has 0 bridgehead atoms. The summed E-state index contributed by atoms with van der Waals surface area (Å²) in [6.45, 7) is 3.70. The highest BCUT2D eigenvalue weighted by Gasteiger charge is 2.08. The zero-order chi connectivity index (χ0) is 14.2. The Morgan fingerprint density at radius 2 is 1.16 bits per heavy atom. The van der Waals surface area contributed by atoms with Crippen LogP contribution in [0.25, 0.3) is 0 Å². The zero-order valence-electron chi connectivity index (χ0n) is 11.1. The summed E-state index contributed by atoms with van der Waals surface area (Å²) in [5.41, 5.74) is 15.8. The average Bonchev–Trinajstić information content (AvgIpc) is 2.33. The van der Waals surface area contributed by atoms with Gasteiger partial charge in [-0.3, -0.25) is 0 Å². The summed E-state index contributed by atoms with van der Waals surface area (Å²) >= 11 is 0. The van der Waals surface area contributed by atoms with Crippen LogP contribution in [0.4, 0.5) is 11.4 Å². The second kappa shape index (κ2) is 4.72. The van der Waals surface area contributed by atoms with Gasteiger partial charge in [0.1, 0.15) is 11.5 Å². The molecule has 0 heterocycles. The lowest BCUT2D eigenvalue weighted by Gasteiger charge is -2.10. The van der Waals surface area contributed by atoms with Crippen LogP contribution in [0.15, 0.2) is 24.3 Å². The van der Waals surface area contributed by atoms with Crippen molar-refractivity contribution >= 4 is 11.4 Å². The number of hydrogen-bond donors (Lipinski definition) is 4. The minimum atomic E-state index is 0.0892. The van der Waals surface area contributed by atoms with Gasteiger partial charge in [0.15, 0.2) is 0 Å². The fraction of sp³-hybridized carbons (Fsp3) is 0.200. The highest BCUT2D eigenvalue weighted by atomic mass is 16.3. The third-order valence-electron chi connectivity index (χ3n) is 3.26. The van der Waals surface area contributed by atoms with E-state index in [1.165, 1.54) is 0 Å². The quantitative estimate of drug-likeness (QED) is 0.492. The Labute approximate surface area is 112 Å². The van der Waals surface area contributed by atoms with E-state index in [0.717, 1.165) is 22.3 Å². The molecule has 0 amide bonds. The summed E-state index contributed by atoms with van der Waals surface area (Å²) in [6, 6.07) is 7.14. The molecule has 0 saturated heterocycles. The number of benzene rings is 2. The molecule has 0 aliphatic carbocycles. The van der Waals surface area contributed by atoms with E-state index in [-0.39, 0.29) is 11.5 Å². The number of nitrogen functional groups attached to an aromatic ring is 2. The minimum Gasteiger partial charge on any atom is -0.506 e. The molecule has 2 aromatic carbocycles. The van der Waals surface area contributed by atoms with Crippen LogP contribution in [0.2, 0.25) is 0 Å². The van der Waals surface area contributed by atoms with E-state index in [2.05, 4.69) is 0 Å². The number of hydrogen-bond acceptors (Lipinski definition) is 4. The van der Waals surface area contributed by atoms with Crippen molar-refractivity contribution in [2.24, 2.45) is 0 Å². The lowest BCUT2D eigenvalue weighted by atomic mass is 9.99. The van der Waals surface area contributed by atoms with E-state index >= 15 is 0 Å². The Hall–Kier alpha value is -2.36. The number of anilines is 2. The first-order chi connectivity index (χ1) is 8.88. The third kappa shape index (κ3) is 2.57. The first kappa shape index (κ1) is 13.1.